The molecule has 0 aliphatic rings. The van der Waals surface area contributed by atoms with Crippen LogP contribution in [0.15, 0.2) is 30.3 Å². The van der Waals surface area contributed by atoms with Gasteiger partial charge in [-0.25, -0.2) is 8.78 Å². The van der Waals surface area contributed by atoms with Crippen molar-refractivity contribution in [1.82, 2.24) is 0 Å². The average Bonchev–Trinajstić information content (AvgIpc) is 2.29. The third kappa shape index (κ3) is 4.14. The van der Waals surface area contributed by atoms with Gasteiger partial charge in [-0.2, -0.15) is 8.78 Å². The van der Waals surface area contributed by atoms with Crippen molar-refractivity contribution in [2.45, 2.75) is 12.3 Å². The normalized spacial score (nSPS) is 11.8. The largest absolute Gasteiger partial charge is 0.367 e. The van der Waals surface area contributed by atoms with Crippen molar-refractivity contribution in [3.05, 3.63) is 35.9 Å². The second-order valence-corrected chi connectivity index (χ2v) is 3.34. The molecule has 1 aromatic carbocycles. The van der Waals surface area contributed by atoms with Gasteiger partial charge in [0, 0.05) is 5.56 Å². The van der Waals surface area contributed by atoms with Crippen molar-refractivity contribution < 1.29 is 27.1 Å². The summed E-state index contributed by atoms with van der Waals surface area (Å²) in [6.45, 7) is -2.12. The van der Waals surface area contributed by atoms with Gasteiger partial charge in [0.05, 0.1) is 0 Å². The number of benzene rings is 1. The van der Waals surface area contributed by atoms with Gasteiger partial charge in [0.2, 0.25) is 0 Å². The molecule has 0 spiro atoms. The quantitative estimate of drug-likeness (QED) is 0.573. The van der Waals surface area contributed by atoms with Crippen molar-refractivity contribution >= 4 is 5.78 Å². The number of rotatable bonds is 6. The Balaban J connectivity index is 2.40. The number of alkyl halides is 4. The molecule has 0 saturated heterocycles. The summed E-state index contributed by atoms with van der Waals surface area (Å²) in [6, 6.07) is 7.85. The molecule has 1 aromatic rings. The van der Waals surface area contributed by atoms with Crippen molar-refractivity contribution in [2.24, 2.45) is 0 Å². The van der Waals surface area contributed by atoms with Crippen LogP contribution in [-0.4, -0.2) is 31.3 Å². The highest BCUT2D eigenvalue weighted by molar-refractivity contribution is 5.96. The Morgan fingerprint density at radius 3 is 2.35 bits per heavy atom. The molecule has 0 amide bonds. The van der Waals surface area contributed by atoms with E-state index in [4.69, 9.17) is 0 Å². The predicted octanol–water partition coefficient (Wildman–Crippen LogP) is 2.79. The Morgan fingerprint density at radius 2 is 1.82 bits per heavy atom. The first-order valence-corrected chi connectivity index (χ1v) is 4.75. The topological polar surface area (TPSA) is 26.3 Å². The Labute approximate surface area is 95.2 Å². The van der Waals surface area contributed by atoms with Crippen LogP contribution in [0.2, 0.25) is 0 Å². The van der Waals surface area contributed by atoms with E-state index < -0.39 is 31.3 Å². The summed E-state index contributed by atoms with van der Waals surface area (Å²) >= 11 is 0. The molecule has 0 bridgehead atoms. The molecule has 6 heteroatoms. The van der Waals surface area contributed by atoms with E-state index in [1.807, 2.05) is 0 Å². The lowest BCUT2D eigenvalue weighted by atomic mass is 10.1. The molecule has 0 unspecified atom stereocenters. The third-order valence-electron chi connectivity index (χ3n) is 1.94. The van der Waals surface area contributed by atoms with Gasteiger partial charge >= 0.3 is 12.3 Å². The summed E-state index contributed by atoms with van der Waals surface area (Å²) in [4.78, 5) is 11.3. The maximum Gasteiger partial charge on any atom is 0.330 e. The lowest BCUT2D eigenvalue weighted by Crippen LogP contribution is -2.33. The van der Waals surface area contributed by atoms with Gasteiger partial charge in [-0.3, -0.25) is 4.79 Å². The van der Waals surface area contributed by atoms with Gasteiger partial charge in [0.25, 0.3) is 0 Å². The standard InChI is InChI=1S/C11H10F4O2/c12-10(13)11(14,15)7-17-6-9(16)8-4-2-1-3-5-8/h1-5,10H,6-7H2. The Morgan fingerprint density at radius 1 is 1.24 bits per heavy atom. The molecular weight excluding hydrogens is 240 g/mol. The minimum atomic E-state index is -4.23. The minimum absolute atomic E-state index is 0.285. The molecule has 0 atom stereocenters. The predicted molar refractivity (Wildman–Crippen MR) is 52.5 cm³/mol. The fraction of sp³-hybridized carbons (Fsp3) is 0.364. The number of ketones is 1. The molecule has 0 N–H and O–H groups in total. The highest BCUT2D eigenvalue weighted by Crippen LogP contribution is 2.22. The van der Waals surface area contributed by atoms with E-state index >= 15 is 0 Å². The molecule has 2 nitrogen and oxygen atoms in total. The average molecular weight is 250 g/mol. The number of carbonyl (C=O) groups is 1. The highest BCUT2D eigenvalue weighted by Gasteiger charge is 2.41. The molecule has 17 heavy (non-hydrogen) atoms. The van der Waals surface area contributed by atoms with Gasteiger partial charge in [-0.1, -0.05) is 30.3 Å². The van der Waals surface area contributed by atoms with Crippen LogP contribution in [0.1, 0.15) is 10.4 Å². The maximum atomic E-state index is 12.4. The monoisotopic (exact) mass is 250 g/mol. The molecule has 0 saturated carbocycles. The summed E-state index contributed by atoms with van der Waals surface area (Å²) in [6.07, 6.45) is -3.80. The van der Waals surface area contributed by atoms with Crippen LogP contribution in [0.5, 0.6) is 0 Å². The fourth-order valence-corrected chi connectivity index (χ4v) is 1.05. The van der Waals surface area contributed by atoms with E-state index in [2.05, 4.69) is 4.74 Å². The van der Waals surface area contributed by atoms with E-state index in [1.54, 1.807) is 18.2 Å². The van der Waals surface area contributed by atoms with Crippen LogP contribution in [-0.2, 0) is 4.74 Å². The fourth-order valence-electron chi connectivity index (χ4n) is 1.05. The summed E-state index contributed by atoms with van der Waals surface area (Å²) in [5.74, 6) is -4.76. The van der Waals surface area contributed by atoms with Crippen molar-refractivity contribution in [3.63, 3.8) is 0 Å². The minimum Gasteiger partial charge on any atom is -0.367 e. The van der Waals surface area contributed by atoms with E-state index in [0.29, 0.717) is 0 Å². The number of carbonyl (C=O) groups excluding carboxylic acids is 1. The zero-order valence-corrected chi connectivity index (χ0v) is 8.71. The van der Waals surface area contributed by atoms with E-state index in [-0.39, 0.29) is 5.56 Å². The van der Waals surface area contributed by atoms with Gasteiger partial charge in [-0.15, -0.1) is 0 Å². The summed E-state index contributed by atoms with van der Waals surface area (Å²) in [5.41, 5.74) is 0.285. The number of halogens is 4. The van der Waals surface area contributed by atoms with Crippen molar-refractivity contribution in [3.8, 4) is 0 Å². The van der Waals surface area contributed by atoms with Gasteiger partial charge < -0.3 is 4.74 Å². The highest BCUT2D eigenvalue weighted by atomic mass is 19.3. The Bertz CT molecular complexity index is 365. The lowest BCUT2D eigenvalue weighted by Gasteiger charge is -2.14. The number of ether oxygens (including phenoxy) is 1. The summed E-state index contributed by atoms with van der Waals surface area (Å²) < 4.78 is 52.6. The lowest BCUT2D eigenvalue weighted by molar-refractivity contribution is -0.163. The Kier molecular flexibility index (Phi) is 4.62. The van der Waals surface area contributed by atoms with Gasteiger partial charge in [0.15, 0.2) is 5.78 Å². The number of Topliss-reactive ketones (excluding diaryl/α,β-unsaturated/α-hetero) is 1. The third-order valence-corrected chi connectivity index (χ3v) is 1.94. The van der Waals surface area contributed by atoms with Crippen LogP contribution in [0.25, 0.3) is 0 Å². The van der Waals surface area contributed by atoms with Crippen LogP contribution in [0.4, 0.5) is 17.6 Å². The molecule has 0 heterocycles. The number of hydrogen-bond acceptors (Lipinski definition) is 2. The molecule has 0 aliphatic carbocycles. The van der Waals surface area contributed by atoms with Crippen LogP contribution < -0.4 is 0 Å². The number of hydrogen-bond donors (Lipinski definition) is 0. The SMILES string of the molecule is O=C(COCC(F)(F)C(F)F)c1ccccc1. The van der Waals surface area contributed by atoms with E-state index in [1.165, 1.54) is 12.1 Å². The summed E-state index contributed by atoms with van der Waals surface area (Å²) in [7, 11) is 0. The van der Waals surface area contributed by atoms with E-state index in [9.17, 15) is 22.4 Å². The maximum absolute atomic E-state index is 12.4. The molecule has 1 rings (SSSR count). The van der Waals surface area contributed by atoms with Crippen LogP contribution in [0, 0.1) is 0 Å². The first-order chi connectivity index (χ1) is 7.93. The van der Waals surface area contributed by atoms with Crippen molar-refractivity contribution in [1.29, 1.82) is 0 Å². The van der Waals surface area contributed by atoms with Gasteiger partial charge in [-0.05, 0) is 0 Å². The van der Waals surface area contributed by atoms with Crippen LogP contribution in [0.3, 0.4) is 0 Å². The van der Waals surface area contributed by atoms with Crippen LogP contribution >= 0.6 is 0 Å². The van der Waals surface area contributed by atoms with E-state index in [0.717, 1.165) is 0 Å². The molecule has 0 fully saturated rings. The summed E-state index contributed by atoms with van der Waals surface area (Å²) in [5, 5.41) is 0. The molecule has 94 valence electrons. The smallest absolute Gasteiger partial charge is 0.330 e. The molecule has 0 aromatic heterocycles. The molecule has 0 radical (unpaired) electrons. The second kappa shape index (κ2) is 5.77. The first kappa shape index (κ1) is 13.6. The van der Waals surface area contributed by atoms with Gasteiger partial charge in [0.1, 0.15) is 13.2 Å². The molecule has 0 aliphatic heterocycles. The van der Waals surface area contributed by atoms with Crippen molar-refractivity contribution in [2.75, 3.05) is 13.2 Å². The zero-order valence-electron chi connectivity index (χ0n) is 8.71. The molecular formula is C11H10F4O2. The zero-order chi connectivity index (χ0) is 12.9. The first-order valence-electron chi connectivity index (χ1n) is 4.75. The Hall–Kier alpha value is -1.43. The second-order valence-electron chi connectivity index (χ2n) is 3.34.